The summed E-state index contributed by atoms with van der Waals surface area (Å²) in [6.07, 6.45) is 1.03. The van der Waals surface area contributed by atoms with Crippen LogP contribution in [0.5, 0.6) is 5.75 Å². The second-order valence-corrected chi connectivity index (χ2v) is 4.06. The van der Waals surface area contributed by atoms with Crippen molar-refractivity contribution in [1.82, 2.24) is 0 Å². The van der Waals surface area contributed by atoms with E-state index >= 15 is 0 Å². The average molecular weight is 222 g/mol. The number of aryl methyl sites for hydroxylation is 1. The summed E-state index contributed by atoms with van der Waals surface area (Å²) in [6, 6.07) is 6.60. The van der Waals surface area contributed by atoms with Gasteiger partial charge in [-0.25, -0.2) is 0 Å². The summed E-state index contributed by atoms with van der Waals surface area (Å²) in [5.74, 6) is 0.903. The van der Waals surface area contributed by atoms with Crippen LogP contribution in [0.1, 0.15) is 19.4 Å². The van der Waals surface area contributed by atoms with Gasteiger partial charge in [0.25, 0.3) is 0 Å². The van der Waals surface area contributed by atoms with E-state index in [1.165, 1.54) is 5.56 Å². The van der Waals surface area contributed by atoms with Gasteiger partial charge in [0, 0.05) is 19.6 Å². The predicted octanol–water partition coefficient (Wildman–Crippen LogP) is 2.04. The van der Waals surface area contributed by atoms with Gasteiger partial charge in [-0.2, -0.15) is 0 Å². The predicted molar refractivity (Wildman–Crippen MR) is 69.3 cm³/mol. The van der Waals surface area contributed by atoms with Crippen LogP contribution in [0.15, 0.2) is 18.2 Å². The Kier molecular flexibility index (Phi) is 4.62. The second-order valence-electron chi connectivity index (χ2n) is 4.06. The van der Waals surface area contributed by atoms with Gasteiger partial charge in [-0.15, -0.1) is 0 Å². The first-order valence-corrected chi connectivity index (χ1v) is 5.73. The highest BCUT2D eigenvalue weighted by Crippen LogP contribution is 2.29. The Hall–Kier alpha value is -1.22. The number of ether oxygens (including phenoxy) is 1. The van der Waals surface area contributed by atoms with Crippen LogP contribution in [0, 0.1) is 0 Å². The number of hydrogen-bond acceptors (Lipinski definition) is 3. The van der Waals surface area contributed by atoms with Crippen LogP contribution in [0.4, 0.5) is 5.69 Å². The number of nitrogens with zero attached hydrogens (tertiary/aromatic N) is 1. The van der Waals surface area contributed by atoms with Crippen LogP contribution in [-0.2, 0) is 6.42 Å². The number of likely N-dealkylation sites (N-methyl/N-ethyl adjacent to an activating group) is 1. The maximum atomic E-state index is 5.69. The Morgan fingerprint density at radius 1 is 1.44 bits per heavy atom. The van der Waals surface area contributed by atoms with E-state index in [1.807, 2.05) is 6.07 Å². The van der Waals surface area contributed by atoms with Gasteiger partial charge in [-0.05, 0) is 31.0 Å². The highest BCUT2D eigenvalue weighted by Gasteiger charge is 2.13. The molecule has 0 aliphatic rings. The zero-order valence-electron chi connectivity index (χ0n) is 10.7. The van der Waals surface area contributed by atoms with E-state index in [2.05, 4.69) is 37.9 Å². The normalized spacial score (nSPS) is 12.3. The fourth-order valence-corrected chi connectivity index (χ4v) is 1.63. The highest BCUT2D eigenvalue weighted by atomic mass is 16.5. The molecule has 16 heavy (non-hydrogen) atoms. The lowest BCUT2D eigenvalue weighted by molar-refractivity contribution is 0.413. The van der Waals surface area contributed by atoms with Crippen LogP contribution in [-0.4, -0.2) is 26.7 Å². The van der Waals surface area contributed by atoms with E-state index in [4.69, 9.17) is 10.5 Å². The largest absolute Gasteiger partial charge is 0.495 e. The molecule has 0 spiro atoms. The fraction of sp³-hybridized carbons (Fsp3) is 0.538. The van der Waals surface area contributed by atoms with Crippen molar-refractivity contribution in [3.63, 3.8) is 0 Å². The van der Waals surface area contributed by atoms with Gasteiger partial charge in [0.15, 0.2) is 0 Å². The number of benzene rings is 1. The van der Waals surface area contributed by atoms with Gasteiger partial charge in [-0.1, -0.05) is 13.0 Å². The molecule has 1 atom stereocenters. The average Bonchev–Trinajstić information content (AvgIpc) is 2.35. The molecule has 0 radical (unpaired) electrons. The Labute approximate surface area is 98.2 Å². The zero-order valence-corrected chi connectivity index (χ0v) is 10.7. The molecule has 0 bridgehead atoms. The Morgan fingerprint density at radius 2 is 2.12 bits per heavy atom. The van der Waals surface area contributed by atoms with Gasteiger partial charge in [0.1, 0.15) is 5.75 Å². The summed E-state index contributed by atoms with van der Waals surface area (Å²) in [5, 5.41) is 0. The van der Waals surface area contributed by atoms with Crippen molar-refractivity contribution < 1.29 is 4.74 Å². The summed E-state index contributed by atoms with van der Waals surface area (Å²) in [7, 11) is 3.75. The lowest BCUT2D eigenvalue weighted by Gasteiger charge is -2.27. The monoisotopic (exact) mass is 222 g/mol. The second kappa shape index (κ2) is 5.75. The van der Waals surface area contributed by atoms with Crippen molar-refractivity contribution >= 4 is 5.69 Å². The first-order chi connectivity index (χ1) is 7.63. The Bertz CT molecular complexity index is 339. The zero-order chi connectivity index (χ0) is 12.1. The lowest BCUT2D eigenvalue weighted by Crippen LogP contribution is -2.35. The van der Waals surface area contributed by atoms with E-state index in [9.17, 15) is 0 Å². The number of nitrogens with two attached hydrogens (primary N) is 1. The molecule has 0 aromatic heterocycles. The summed E-state index contributed by atoms with van der Waals surface area (Å²) < 4.78 is 5.38. The molecule has 3 nitrogen and oxygen atoms in total. The molecule has 90 valence electrons. The quantitative estimate of drug-likeness (QED) is 0.828. The minimum absolute atomic E-state index is 0.306. The van der Waals surface area contributed by atoms with Crippen LogP contribution < -0.4 is 15.4 Å². The van der Waals surface area contributed by atoms with Crippen molar-refractivity contribution in [2.45, 2.75) is 26.3 Å². The molecule has 0 saturated heterocycles. The molecule has 3 heteroatoms. The number of hydrogen-bond donors (Lipinski definition) is 1. The molecule has 0 fully saturated rings. The van der Waals surface area contributed by atoms with Crippen molar-refractivity contribution in [2.24, 2.45) is 5.73 Å². The molecule has 0 aliphatic heterocycles. The van der Waals surface area contributed by atoms with E-state index in [0.29, 0.717) is 12.6 Å². The molecule has 1 unspecified atom stereocenters. The smallest absolute Gasteiger partial charge is 0.142 e. The van der Waals surface area contributed by atoms with Crippen LogP contribution in [0.2, 0.25) is 0 Å². The van der Waals surface area contributed by atoms with Crippen molar-refractivity contribution in [2.75, 3.05) is 25.6 Å². The number of methoxy groups -OCH3 is 1. The fourth-order valence-electron chi connectivity index (χ4n) is 1.63. The van der Waals surface area contributed by atoms with Crippen molar-refractivity contribution in [3.8, 4) is 5.75 Å². The number of anilines is 1. The van der Waals surface area contributed by atoms with Gasteiger partial charge >= 0.3 is 0 Å². The van der Waals surface area contributed by atoms with Gasteiger partial charge in [0.2, 0.25) is 0 Å². The molecular weight excluding hydrogens is 200 g/mol. The maximum Gasteiger partial charge on any atom is 0.142 e. The third-order valence-corrected chi connectivity index (χ3v) is 3.03. The van der Waals surface area contributed by atoms with Gasteiger partial charge in [0.05, 0.1) is 12.8 Å². The van der Waals surface area contributed by atoms with E-state index in [1.54, 1.807) is 7.11 Å². The van der Waals surface area contributed by atoms with Gasteiger partial charge < -0.3 is 15.4 Å². The molecule has 0 aliphatic carbocycles. The topological polar surface area (TPSA) is 38.5 Å². The minimum Gasteiger partial charge on any atom is -0.495 e. The molecule has 0 saturated carbocycles. The molecule has 1 rings (SSSR count). The maximum absolute atomic E-state index is 5.69. The Morgan fingerprint density at radius 3 is 2.62 bits per heavy atom. The van der Waals surface area contributed by atoms with Crippen LogP contribution in [0.25, 0.3) is 0 Å². The third-order valence-electron chi connectivity index (χ3n) is 3.03. The van der Waals surface area contributed by atoms with Crippen molar-refractivity contribution in [1.29, 1.82) is 0 Å². The summed E-state index contributed by atoms with van der Waals surface area (Å²) in [6.45, 7) is 4.89. The molecule has 0 amide bonds. The first kappa shape index (κ1) is 12.8. The van der Waals surface area contributed by atoms with Crippen molar-refractivity contribution in [3.05, 3.63) is 23.8 Å². The summed E-state index contributed by atoms with van der Waals surface area (Å²) in [5.41, 5.74) is 8.11. The summed E-state index contributed by atoms with van der Waals surface area (Å²) >= 11 is 0. The molecule has 0 heterocycles. The van der Waals surface area contributed by atoms with Crippen LogP contribution in [0.3, 0.4) is 0 Å². The molecule has 2 N–H and O–H groups in total. The van der Waals surface area contributed by atoms with E-state index < -0.39 is 0 Å². The number of rotatable bonds is 5. The summed E-state index contributed by atoms with van der Waals surface area (Å²) in [4.78, 5) is 2.16. The van der Waals surface area contributed by atoms with Crippen LogP contribution >= 0.6 is 0 Å². The van der Waals surface area contributed by atoms with E-state index in [-0.39, 0.29) is 0 Å². The van der Waals surface area contributed by atoms with Gasteiger partial charge in [-0.3, -0.25) is 0 Å². The SMILES string of the molecule is CCc1ccc(OC)c(N(C)C(C)CN)c1. The lowest BCUT2D eigenvalue weighted by atomic mass is 10.1. The minimum atomic E-state index is 0.306. The third kappa shape index (κ3) is 2.67. The highest BCUT2D eigenvalue weighted by molar-refractivity contribution is 5.60. The standard InChI is InChI=1S/C13H22N2O/c1-5-11-6-7-13(16-4)12(8-11)15(3)10(2)9-14/h6-8,10H,5,9,14H2,1-4H3. The molecular formula is C13H22N2O. The van der Waals surface area contributed by atoms with E-state index in [0.717, 1.165) is 17.9 Å². The first-order valence-electron chi connectivity index (χ1n) is 5.73. The molecule has 1 aromatic carbocycles. The Balaban J connectivity index is 3.07. The molecule has 1 aromatic rings.